The number of nitrogens with zero attached hydrogens (tertiary/aromatic N) is 1. The number of hydrogen-bond acceptors (Lipinski definition) is 1. The third kappa shape index (κ3) is 4.33. The van der Waals surface area contributed by atoms with E-state index in [1.54, 1.807) is 0 Å². The lowest BCUT2D eigenvalue weighted by Crippen LogP contribution is -2.34. The summed E-state index contributed by atoms with van der Waals surface area (Å²) in [6, 6.07) is 61.6. The smallest absolute Gasteiger partial charge is 0.0543 e. The van der Waals surface area contributed by atoms with E-state index in [0.717, 1.165) is 24.9 Å². The van der Waals surface area contributed by atoms with Crippen LogP contribution >= 0.6 is 0 Å². The van der Waals surface area contributed by atoms with Crippen molar-refractivity contribution in [3.05, 3.63) is 215 Å². The Morgan fingerprint density at radius 3 is 1.83 bits per heavy atom. The van der Waals surface area contributed by atoms with Gasteiger partial charge in [0.25, 0.3) is 0 Å². The van der Waals surface area contributed by atoms with Gasteiger partial charge in [0.1, 0.15) is 0 Å². The quantitative estimate of drug-likeness (QED) is 0.178. The highest BCUT2D eigenvalue weighted by Crippen LogP contribution is 2.61. The maximum atomic E-state index is 2.54. The molecule has 0 bridgehead atoms. The first-order valence-corrected chi connectivity index (χ1v) is 19.5. The SMILES string of the molecule is CC1(C)C2=CCCC=C2c2ccc(N(c3ccc(-c4ccccc4)cc3)c3cccc4c3-c3ccccc3CC43c4ccccc4-c4ccccc43)cc21. The number of fused-ring (bicyclic) bond motifs is 12. The summed E-state index contributed by atoms with van der Waals surface area (Å²) in [5.41, 5.74) is 22.2. The molecule has 54 heavy (non-hydrogen) atoms. The van der Waals surface area contributed by atoms with E-state index in [0.29, 0.717) is 0 Å². The topological polar surface area (TPSA) is 3.24 Å². The fourth-order valence-corrected chi connectivity index (χ4v) is 10.4. The molecule has 0 aromatic heterocycles. The minimum absolute atomic E-state index is 0.0650. The first kappa shape index (κ1) is 31.4. The summed E-state index contributed by atoms with van der Waals surface area (Å²) in [6.07, 6.45) is 8.10. The van der Waals surface area contributed by atoms with Crippen LogP contribution in [0.2, 0.25) is 0 Å². The monoisotopic (exact) mass is 691 g/mol. The van der Waals surface area contributed by atoms with E-state index in [4.69, 9.17) is 0 Å². The molecule has 7 aromatic carbocycles. The van der Waals surface area contributed by atoms with Gasteiger partial charge >= 0.3 is 0 Å². The predicted molar refractivity (Wildman–Crippen MR) is 226 cm³/mol. The van der Waals surface area contributed by atoms with Crippen molar-refractivity contribution in [1.29, 1.82) is 0 Å². The molecule has 4 aliphatic rings. The van der Waals surface area contributed by atoms with Crippen LogP contribution in [0.1, 0.15) is 60.1 Å². The molecule has 0 heterocycles. The Kier molecular flexibility index (Phi) is 6.77. The van der Waals surface area contributed by atoms with Crippen LogP contribution in [0.25, 0.3) is 39.0 Å². The summed E-state index contributed by atoms with van der Waals surface area (Å²) in [4.78, 5) is 2.54. The zero-order chi connectivity index (χ0) is 36.0. The van der Waals surface area contributed by atoms with E-state index in [9.17, 15) is 0 Å². The average Bonchev–Trinajstić information content (AvgIpc) is 3.64. The molecule has 0 radical (unpaired) electrons. The van der Waals surface area contributed by atoms with Crippen LogP contribution in [0.5, 0.6) is 0 Å². The fraction of sp³-hybridized carbons (Fsp3) is 0.132. The molecule has 7 aromatic rings. The van der Waals surface area contributed by atoms with Gasteiger partial charge in [-0.1, -0.05) is 159 Å². The summed E-state index contributed by atoms with van der Waals surface area (Å²) in [7, 11) is 0. The summed E-state index contributed by atoms with van der Waals surface area (Å²) < 4.78 is 0. The Hall–Kier alpha value is -6.18. The first-order valence-electron chi connectivity index (χ1n) is 19.5. The first-order chi connectivity index (χ1) is 26.5. The van der Waals surface area contributed by atoms with Gasteiger partial charge in [0.2, 0.25) is 0 Å². The molecular formula is C53H41N. The number of benzene rings is 7. The Balaban J connectivity index is 1.19. The van der Waals surface area contributed by atoms with Crippen LogP contribution in [-0.2, 0) is 17.3 Å². The van der Waals surface area contributed by atoms with Crippen LogP contribution < -0.4 is 4.90 Å². The second-order valence-corrected chi connectivity index (χ2v) is 15.9. The summed E-state index contributed by atoms with van der Waals surface area (Å²) in [6.45, 7) is 4.82. The van der Waals surface area contributed by atoms with E-state index in [2.05, 4.69) is 195 Å². The third-order valence-corrected chi connectivity index (χ3v) is 12.8. The highest BCUT2D eigenvalue weighted by atomic mass is 15.1. The second kappa shape index (κ2) is 11.7. The van der Waals surface area contributed by atoms with Gasteiger partial charge in [-0.05, 0) is 122 Å². The molecule has 1 heteroatoms. The Morgan fingerprint density at radius 2 is 1.07 bits per heavy atom. The minimum atomic E-state index is -0.301. The standard InChI is InChI=1S/C53H41N/c1-52(2)45-22-11-8-19-41(45)44-32-31-39(33-49(44)52)54(38-29-27-36(28-30-38)35-15-4-3-5-16-35)50-26-14-25-48-51(50)40-18-7-6-17-37(40)34-53(48)46-23-12-9-20-42(46)43-21-10-13-24-47(43)53/h3-7,9-10,12-33H,8,11,34H2,1-2H3. The number of anilines is 3. The maximum absolute atomic E-state index is 2.54. The largest absolute Gasteiger partial charge is 0.310 e. The lowest BCUT2D eigenvalue weighted by atomic mass is 9.62. The zero-order valence-electron chi connectivity index (χ0n) is 30.8. The zero-order valence-corrected chi connectivity index (χ0v) is 30.8. The van der Waals surface area contributed by atoms with Crippen molar-refractivity contribution in [3.63, 3.8) is 0 Å². The van der Waals surface area contributed by atoms with E-state index in [-0.39, 0.29) is 10.8 Å². The van der Waals surface area contributed by atoms with Gasteiger partial charge in [-0.2, -0.15) is 0 Å². The van der Waals surface area contributed by atoms with Crippen molar-refractivity contribution in [3.8, 4) is 33.4 Å². The molecule has 0 atom stereocenters. The molecule has 0 amide bonds. The molecule has 0 saturated heterocycles. The molecule has 258 valence electrons. The van der Waals surface area contributed by atoms with Gasteiger partial charge in [-0.25, -0.2) is 0 Å². The van der Waals surface area contributed by atoms with Crippen molar-refractivity contribution < 1.29 is 0 Å². The lowest BCUT2D eigenvalue weighted by molar-refractivity contribution is 0.622. The number of hydrogen-bond donors (Lipinski definition) is 0. The molecule has 0 saturated carbocycles. The van der Waals surface area contributed by atoms with Crippen LogP contribution in [0, 0.1) is 0 Å². The molecule has 4 aliphatic carbocycles. The Labute approximate surface area is 318 Å². The summed E-state index contributed by atoms with van der Waals surface area (Å²) in [5, 5.41) is 0. The molecule has 0 unspecified atom stereocenters. The number of allylic oxidation sites excluding steroid dienone is 4. The van der Waals surface area contributed by atoms with Gasteiger partial charge in [0.05, 0.1) is 11.1 Å². The highest BCUT2D eigenvalue weighted by Gasteiger charge is 2.49. The molecule has 1 spiro atoms. The maximum Gasteiger partial charge on any atom is 0.0543 e. The molecule has 11 rings (SSSR count). The van der Waals surface area contributed by atoms with Gasteiger partial charge in [0.15, 0.2) is 0 Å². The molecule has 0 N–H and O–H groups in total. The predicted octanol–water partition coefficient (Wildman–Crippen LogP) is 13.8. The summed E-state index contributed by atoms with van der Waals surface area (Å²) in [5.74, 6) is 0. The summed E-state index contributed by atoms with van der Waals surface area (Å²) >= 11 is 0. The van der Waals surface area contributed by atoms with Crippen molar-refractivity contribution in [1.82, 2.24) is 0 Å². The molecule has 0 aliphatic heterocycles. The molecular weight excluding hydrogens is 651 g/mol. The van der Waals surface area contributed by atoms with E-state index < -0.39 is 0 Å². The fourth-order valence-electron chi connectivity index (χ4n) is 10.4. The molecule has 0 fully saturated rings. The van der Waals surface area contributed by atoms with Crippen molar-refractivity contribution in [2.45, 2.75) is 43.9 Å². The van der Waals surface area contributed by atoms with Crippen molar-refractivity contribution >= 4 is 22.6 Å². The van der Waals surface area contributed by atoms with Gasteiger partial charge < -0.3 is 4.90 Å². The third-order valence-electron chi connectivity index (χ3n) is 12.8. The van der Waals surface area contributed by atoms with Crippen LogP contribution in [0.3, 0.4) is 0 Å². The van der Waals surface area contributed by atoms with Crippen LogP contribution in [-0.4, -0.2) is 0 Å². The Bertz CT molecular complexity index is 2660. The van der Waals surface area contributed by atoms with Gasteiger partial charge in [0, 0.05) is 22.4 Å². The van der Waals surface area contributed by atoms with Gasteiger partial charge in [-0.15, -0.1) is 0 Å². The van der Waals surface area contributed by atoms with E-state index in [1.165, 1.54) is 89.3 Å². The van der Waals surface area contributed by atoms with E-state index in [1.807, 2.05) is 0 Å². The second-order valence-electron chi connectivity index (χ2n) is 15.9. The van der Waals surface area contributed by atoms with Gasteiger partial charge in [-0.3, -0.25) is 0 Å². The van der Waals surface area contributed by atoms with Crippen LogP contribution in [0.4, 0.5) is 17.1 Å². The minimum Gasteiger partial charge on any atom is -0.310 e. The van der Waals surface area contributed by atoms with Crippen LogP contribution in [0.15, 0.2) is 182 Å². The Morgan fingerprint density at radius 1 is 0.463 bits per heavy atom. The lowest BCUT2D eigenvalue weighted by Gasteiger charge is -2.41. The van der Waals surface area contributed by atoms with Crippen molar-refractivity contribution in [2.24, 2.45) is 0 Å². The normalized spacial score (nSPS) is 16.3. The van der Waals surface area contributed by atoms with Crippen molar-refractivity contribution in [2.75, 3.05) is 4.90 Å². The number of rotatable bonds is 4. The van der Waals surface area contributed by atoms with E-state index >= 15 is 0 Å². The highest BCUT2D eigenvalue weighted by molar-refractivity contribution is 5.98. The average molecular weight is 692 g/mol. The molecule has 1 nitrogen and oxygen atoms in total.